The zero-order valence-electron chi connectivity index (χ0n) is 16.1. The number of rotatable bonds is 7. The number of ether oxygens (including phenoxy) is 1. The third kappa shape index (κ3) is 4.37. The van der Waals surface area contributed by atoms with E-state index < -0.39 is 17.2 Å². The monoisotopic (exact) mass is 368 g/mol. The van der Waals surface area contributed by atoms with E-state index in [0.29, 0.717) is 5.75 Å². The van der Waals surface area contributed by atoms with Crippen LogP contribution in [0.3, 0.4) is 0 Å². The van der Waals surface area contributed by atoms with E-state index in [9.17, 15) is 20.0 Å². The van der Waals surface area contributed by atoms with Crippen molar-refractivity contribution in [1.29, 1.82) is 5.26 Å². The van der Waals surface area contributed by atoms with Crippen LogP contribution in [-0.4, -0.2) is 22.1 Å². The molecule has 0 spiro atoms. The van der Waals surface area contributed by atoms with Crippen LogP contribution in [0.15, 0.2) is 29.1 Å². The van der Waals surface area contributed by atoms with Crippen molar-refractivity contribution < 1.29 is 14.6 Å². The van der Waals surface area contributed by atoms with Crippen molar-refractivity contribution in [3.63, 3.8) is 0 Å². The fraction of sp³-hybridized carbons (Fsp3) is 0.381. The summed E-state index contributed by atoms with van der Waals surface area (Å²) in [6, 6.07) is 9.23. The van der Waals surface area contributed by atoms with Crippen molar-refractivity contribution in [2.45, 2.75) is 40.7 Å². The minimum Gasteiger partial charge on any atom is -0.494 e. The first kappa shape index (κ1) is 20.2. The smallest absolute Gasteiger partial charge is 0.271 e. The van der Waals surface area contributed by atoms with E-state index in [0.717, 1.165) is 16.6 Å². The molecule has 6 heteroatoms. The van der Waals surface area contributed by atoms with E-state index in [4.69, 9.17) is 4.74 Å². The summed E-state index contributed by atoms with van der Waals surface area (Å²) in [5.41, 5.74) is 0.562. The van der Waals surface area contributed by atoms with Crippen LogP contribution in [-0.2, 0) is 13.0 Å². The highest BCUT2D eigenvalue weighted by molar-refractivity contribution is 6.01. The Bertz CT molecular complexity index is 935. The van der Waals surface area contributed by atoms with Gasteiger partial charge in [-0.05, 0) is 42.5 Å². The van der Waals surface area contributed by atoms with Crippen LogP contribution >= 0.6 is 0 Å². The van der Waals surface area contributed by atoms with Crippen molar-refractivity contribution in [3.05, 3.63) is 56.9 Å². The lowest BCUT2D eigenvalue weighted by Crippen LogP contribution is -2.29. The fourth-order valence-corrected chi connectivity index (χ4v) is 2.86. The molecule has 0 saturated heterocycles. The van der Waals surface area contributed by atoms with E-state index in [-0.39, 0.29) is 35.8 Å². The maximum absolute atomic E-state index is 12.7. The van der Waals surface area contributed by atoms with Crippen LogP contribution in [0.4, 0.5) is 0 Å². The maximum Gasteiger partial charge on any atom is 0.271 e. The van der Waals surface area contributed by atoms with Gasteiger partial charge in [0.15, 0.2) is 6.61 Å². The van der Waals surface area contributed by atoms with Crippen molar-refractivity contribution >= 4 is 5.78 Å². The molecule has 1 N–H and O–H groups in total. The van der Waals surface area contributed by atoms with Crippen molar-refractivity contribution in [3.8, 4) is 17.7 Å². The molecule has 0 fully saturated rings. The molecule has 0 aliphatic heterocycles. The summed E-state index contributed by atoms with van der Waals surface area (Å²) < 4.78 is 6.61. The number of nitriles is 1. The Morgan fingerprint density at radius 2 is 1.93 bits per heavy atom. The Labute approximate surface area is 158 Å². The average molecular weight is 368 g/mol. The first-order chi connectivity index (χ1) is 12.8. The molecule has 1 heterocycles. The lowest BCUT2D eigenvalue weighted by molar-refractivity contribution is 0.0916. The standard InChI is InChI=1S/C21H24N2O4/c1-5-15-6-8-16(9-7-15)27-12-18(24)19-14(4)17(10-22)20(25)23(21(19)26)11-13(2)3/h6-9,13,26H,5,11-12H2,1-4H3. The van der Waals surface area contributed by atoms with Crippen molar-refractivity contribution in [2.75, 3.05) is 6.61 Å². The Balaban J connectivity index is 2.36. The lowest BCUT2D eigenvalue weighted by atomic mass is 10.0. The summed E-state index contributed by atoms with van der Waals surface area (Å²) in [6.07, 6.45) is 0.903. The van der Waals surface area contributed by atoms with Crippen molar-refractivity contribution in [1.82, 2.24) is 4.57 Å². The number of hydrogen-bond donors (Lipinski definition) is 1. The topological polar surface area (TPSA) is 92.3 Å². The molecule has 2 rings (SSSR count). The molecule has 0 unspecified atom stereocenters. The molecule has 0 bridgehead atoms. The Kier molecular flexibility index (Phi) is 6.40. The van der Waals surface area contributed by atoms with Gasteiger partial charge in [0.1, 0.15) is 17.4 Å². The first-order valence-electron chi connectivity index (χ1n) is 8.91. The number of nitrogens with zero attached hydrogens (tertiary/aromatic N) is 2. The summed E-state index contributed by atoms with van der Waals surface area (Å²) in [6.45, 7) is 7.20. The third-order valence-electron chi connectivity index (χ3n) is 4.33. The number of carbonyl (C=O) groups is 1. The van der Waals surface area contributed by atoms with Gasteiger partial charge in [-0.15, -0.1) is 0 Å². The van der Waals surface area contributed by atoms with Gasteiger partial charge in [0.2, 0.25) is 11.7 Å². The molecule has 0 atom stereocenters. The molecule has 0 aliphatic rings. The number of hydrogen-bond acceptors (Lipinski definition) is 5. The van der Waals surface area contributed by atoms with Gasteiger partial charge in [0, 0.05) is 6.54 Å². The zero-order valence-corrected chi connectivity index (χ0v) is 16.1. The van der Waals surface area contributed by atoms with Gasteiger partial charge in [-0.3, -0.25) is 14.2 Å². The molecule has 0 saturated carbocycles. The van der Waals surface area contributed by atoms with Crippen LogP contribution in [0.5, 0.6) is 11.6 Å². The zero-order chi connectivity index (χ0) is 20.1. The second kappa shape index (κ2) is 8.54. The molecule has 2 aromatic rings. The lowest BCUT2D eigenvalue weighted by Gasteiger charge is -2.17. The number of aryl methyl sites for hydroxylation is 1. The Morgan fingerprint density at radius 3 is 2.44 bits per heavy atom. The average Bonchev–Trinajstić information content (AvgIpc) is 2.64. The van der Waals surface area contributed by atoms with Gasteiger partial charge < -0.3 is 9.84 Å². The summed E-state index contributed by atoms with van der Waals surface area (Å²) in [5.74, 6) is -0.313. The van der Waals surface area contributed by atoms with E-state index in [1.807, 2.05) is 39.0 Å². The molecule has 1 aromatic heterocycles. The number of pyridine rings is 1. The largest absolute Gasteiger partial charge is 0.494 e. The molecular weight excluding hydrogens is 344 g/mol. The van der Waals surface area contributed by atoms with E-state index in [1.165, 1.54) is 6.92 Å². The van der Waals surface area contributed by atoms with Crippen LogP contribution in [0, 0.1) is 24.2 Å². The molecule has 0 amide bonds. The second-order valence-corrected chi connectivity index (χ2v) is 6.83. The summed E-state index contributed by atoms with van der Waals surface area (Å²) >= 11 is 0. The van der Waals surface area contributed by atoms with Crippen LogP contribution in [0.25, 0.3) is 0 Å². The predicted octanol–water partition coefficient (Wildman–Crippen LogP) is 3.21. The molecule has 1 aromatic carbocycles. The molecule has 6 nitrogen and oxygen atoms in total. The summed E-state index contributed by atoms with van der Waals surface area (Å²) in [5, 5.41) is 19.9. The van der Waals surface area contributed by atoms with Crippen LogP contribution in [0.2, 0.25) is 0 Å². The Morgan fingerprint density at radius 1 is 1.30 bits per heavy atom. The number of ketones is 1. The number of carbonyl (C=O) groups excluding carboxylic acids is 1. The quantitative estimate of drug-likeness (QED) is 0.758. The molecule has 0 radical (unpaired) electrons. The van der Waals surface area contributed by atoms with E-state index in [2.05, 4.69) is 0 Å². The van der Waals surface area contributed by atoms with Gasteiger partial charge in [0.25, 0.3) is 5.56 Å². The highest BCUT2D eigenvalue weighted by Gasteiger charge is 2.24. The van der Waals surface area contributed by atoms with Crippen LogP contribution in [0.1, 0.15) is 47.8 Å². The molecule has 142 valence electrons. The predicted molar refractivity (Wildman–Crippen MR) is 102 cm³/mol. The minimum atomic E-state index is -0.589. The highest BCUT2D eigenvalue weighted by atomic mass is 16.5. The van der Waals surface area contributed by atoms with Gasteiger partial charge in [0.05, 0.1) is 5.56 Å². The maximum atomic E-state index is 12.7. The number of Topliss-reactive ketones (excluding diaryl/α,β-unsaturated/α-hetero) is 1. The van der Waals surface area contributed by atoms with Crippen LogP contribution < -0.4 is 10.3 Å². The minimum absolute atomic E-state index is 0.0445. The normalized spacial score (nSPS) is 10.7. The van der Waals surface area contributed by atoms with E-state index >= 15 is 0 Å². The highest BCUT2D eigenvalue weighted by Crippen LogP contribution is 2.23. The number of aromatic nitrogens is 1. The summed E-state index contributed by atoms with van der Waals surface area (Å²) in [7, 11) is 0. The number of benzene rings is 1. The fourth-order valence-electron chi connectivity index (χ4n) is 2.86. The van der Waals surface area contributed by atoms with Gasteiger partial charge in [-0.2, -0.15) is 5.26 Å². The molecule has 27 heavy (non-hydrogen) atoms. The number of aromatic hydroxyl groups is 1. The molecule has 0 aliphatic carbocycles. The van der Waals surface area contributed by atoms with Crippen molar-refractivity contribution in [2.24, 2.45) is 5.92 Å². The van der Waals surface area contributed by atoms with Gasteiger partial charge in [-0.25, -0.2) is 0 Å². The van der Waals surface area contributed by atoms with E-state index in [1.54, 1.807) is 12.1 Å². The molecular formula is C21H24N2O4. The van der Waals surface area contributed by atoms with Gasteiger partial charge in [-0.1, -0.05) is 32.9 Å². The Hall–Kier alpha value is -3.07. The summed E-state index contributed by atoms with van der Waals surface area (Å²) in [4.78, 5) is 25.1. The first-order valence-corrected chi connectivity index (χ1v) is 8.91. The second-order valence-electron chi connectivity index (χ2n) is 6.83. The SMILES string of the molecule is CCc1ccc(OCC(=O)c2c(C)c(C#N)c(=O)n(CC(C)C)c2O)cc1. The third-order valence-corrected chi connectivity index (χ3v) is 4.33. The van der Waals surface area contributed by atoms with Gasteiger partial charge >= 0.3 is 0 Å².